The minimum Gasteiger partial charge on any atom is -0.303 e. The van der Waals surface area contributed by atoms with Crippen LogP contribution in [0.1, 0.15) is 77.0 Å². The normalized spacial score (nSPS) is 17.9. The molecule has 88 valence electrons. The fraction of sp³-hybridized carbons (Fsp3) is 0.929. The van der Waals surface area contributed by atoms with Gasteiger partial charge in [-0.3, -0.25) is 0 Å². The van der Waals surface area contributed by atoms with E-state index in [4.69, 9.17) is 0 Å². The Balaban J connectivity index is 1.81. The van der Waals surface area contributed by atoms with Gasteiger partial charge in [0, 0.05) is 6.42 Å². The molecule has 0 aliphatic heterocycles. The van der Waals surface area contributed by atoms with Crippen molar-refractivity contribution in [1.29, 1.82) is 0 Å². The van der Waals surface area contributed by atoms with E-state index in [1.54, 1.807) is 0 Å². The van der Waals surface area contributed by atoms with Gasteiger partial charge in [0.1, 0.15) is 6.29 Å². The highest BCUT2D eigenvalue weighted by Crippen LogP contribution is 2.27. The maximum absolute atomic E-state index is 10.1. The van der Waals surface area contributed by atoms with Crippen molar-refractivity contribution in [3.8, 4) is 0 Å². The average Bonchev–Trinajstić information content (AvgIpc) is 2.29. The van der Waals surface area contributed by atoms with Gasteiger partial charge in [0.05, 0.1) is 0 Å². The van der Waals surface area contributed by atoms with Crippen LogP contribution in [0.2, 0.25) is 0 Å². The lowest BCUT2D eigenvalue weighted by Gasteiger charge is -2.21. The van der Waals surface area contributed by atoms with Crippen molar-refractivity contribution < 1.29 is 4.79 Å². The molecule has 1 rings (SSSR count). The van der Waals surface area contributed by atoms with Gasteiger partial charge < -0.3 is 4.79 Å². The van der Waals surface area contributed by atoms with Crippen LogP contribution >= 0.6 is 0 Å². The number of aldehydes is 1. The highest BCUT2D eigenvalue weighted by molar-refractivity contribution is 5.48. The van der Waals surface area contributed by atoms with Crippen LogP contribution < -0.4 is 0 Å². The van der Waals surface area contributed by atoms with Crippen LogP contribution in [0.25, 0.3) is 0 Å². The van der Waals surface area contributed by atoms with Gasteiger partial charge in [0.25, 0.3) is 0 Å². The van der Waals surface area contributed by atoms with Crippen LogP contribution in [0.5, 0.6) is 0 Å². The average molecular weight is 210 g/mol. The van der Waals surface area contributed by atoms with Crippen LogP contribution in [-0.2, 0) is 4.79 Å². The third-order valence-corrected chi connectivity index (χ3v) is 3.66. The Kier molecular flexibility index (Phi) is 7.59. The van der Waals surface area contributed by atoms with Crippen molar-refractivity contribution in [3.05, 3.63) is 0 Å². The second kappa shape index (κ2) is 8.94. The first-order valence-corrected chi connectivity index (χ1v) is 6.87. The molecule has 1 nitrogen and oxygen atoms in total. The van der Waals surface area contributed by atoms with E-state index in [9.17, 15) is 4.79 Å². The Morgan fingerprint density at radius 2 is 1.53 bits per heavy atom. The van der Waals surface area contributed by atoms with Crippen molar-refractivity contribution in [1.82, 2.24) is 0 Å². The molecule has 0 amide bonds. The summed E-state index contributed by atoms with van der Waals surface area (Å²) in [6.45, 7) is 0. The standard InChI is InChI=1S/C14H26O/c15-13-9-4-2-1-3-6-10-14-11-7-5-8-12-14/h13-14H,1-12H2. The van der Waals surface area contributed by atoms with Gasteiger partial charge in [-0.05, 0) is 12.3 Å². The van der Waals surface area contributed by atoms with E-state index >= 15 is 0 Å². The SMILES string of the molecule is O=CCCCCCCCC1CCCCC1. The van der Waals surface area contributed by atoms with Gasteiger partial charge >= 0.3 is 0 Å². The number of hydrogen-bond donors (Lipinski definition) is 0. The molecule has 0 aromatic heterocycles. The highest BCUT2D eigenvalue weighted by Gasteiger charge is 2.12. The van der Waals surface area contributed by atoms with Crippen LogP contribution in [-0.4, -0.2) is 6.29 Å². The van der Waals surface area contributed by atoms with Gasteiger partial charge in [0.15, 0.2) is 0 Å². The quantitative estimate of drug-likeness (QED) is 0.426. The summed E-state index contributed by atoms with van der Waals surface area (Å²) < 4.78 is 0. The first-order chi connectivity index (χ1) is 7.43. The summed E-state index contributed by atoms with van der Waals surface area (Å²) in [6, 6.07) is 0. The van der Waals surface area contributed by atoms with E-state index in [0.717, 1.165) is 25.0 Å². The Bertz CT molecular complexity index is 147. The molecule has 0 N–H and O–H groups in total. The molecule has 0 aromatic rings. The smallest absolute Gasteiger partial charge is 0.119 e. The predicted molar refractivity (Wildman–Crippen MR) is 65.0 cm³/mol. The zero-order valence-electron chi connectivity index (χ0n) is 10.0. The van der Waals surface area contributed by atoms with Crippen molar-refractivity contribution in [3.63, 3.8) is 0 Å². The lowest BCUT2D eigenvalue weighted by atomic mass is 9.85. The minimum absolute atomic E-state index is 0.766. The summed E-state index contributed by atoms with van der Waals surface area (Å²) in [7, 11) is 0. The zero-order valence-corrected chi connectivity index (χ0v) is 10.0. The molecule has 0 bridgehead atoms. The first kappa shape index (κ1) is 12.7. The van der Waals surface area contributed by atoms with Gasteiger partial charge in [-0.15, -0.1) is 0 Å². The van der Waals surface area contributed by atoms with Gasteiger partial charge in [-0.1, -0.05) is 64.2 Å². The predicted octanol–water partition coefficient (Wildman–Crippen LogP) is 4.50. The summed E-state index contributed by atoms with van der Waals surface area (Å²) in [5.41, 5.74) is 0. The molecule has 1 fully saturated rings. The summed E-state index contributed by atoms with van der Waals surface area (Å²) in [4.78, 5) is 10.1. The molecule has 0 heterocycles. The third kappa shape index (κ3) is 6.70. The Morgan fingerprint density at radius 1 is 0.867 bits per heavy atom. The molecule has 1 saturated carbocycles. The number of carbonyl (C=O) groups is 1. The van der Waals surface area contributed by atoms with Crippen LogP contribution in [0.15, 0.2) is 0 Å². The monoisotopic (exact) mass is 210 g/mol. The van der Waals surface area contributed by atoms with Crippen molar-refractivity contribution in [2.24, 2.45) is 5.92 Å². The summed E-state index contributed by atoms with van der Waals surface area (Å²) >= 11 is 0. The third-order valence-electron chi connectivity index (χ3n) is 3.66. The molecule has 15 heavy (non-hydrogen) atoms. The largest absolute Gasteiger partial charge is 0.303 e. The van der Waals surface area contributed by atoms with Crippen molar-refractivity contribution in [2.75, 3.05) is 0 Å². The summed E-state index contributed by atoms with van der Waals surface area (Å²) in [6.07, 6.45) is 17.2. The molecule has 0 radical (unpaired) electrons. The molecule has 1 aliphatic rings. The number of unbranched alkanes of at least 4 members (excludes halogenated alkanes) is 5. The van der Waals surface area contributed by atoms with Crippen LogP contribution in [0.3, 0.4) is 0 Å². The Labute approximate surface area is 94.6 Å². The van der Waals surface area contributed by atoms with Gasteiger partial charge in [-0.25, -0.2) is 0 Å². The van der Waals surface area contributed by atoms with Gasteiger partial charge in [0.2, 0.25) is 0 Å². The van der Waals surface area contributed by atoms with Gasteiger partial charge in [-0.2, -0.15) is 0 Å². The molecular formula is C14H26O. The van der Waals surface area contributed by atoms with Crippen LogP contribution in [0.4, 0.5) is 0 Å². The lowest BCUT2D eigenvalue weighted by Crippen LogP contribution is -2.05. The fourth-order valence-electron chi connectivity index (χ4n) is 2.67. The molecule has 0 spiro atoms. The summed E-state index contributed by atoms with van der Waals surface area (Å²) in [5, 5.41) is 0. The number of rotatable bonds is 8. The maximum atomic E-state index is 10.1. The fourth-order valence-corrected chi connectivity index (χ4v) is 2.67. The van der Waals surface area contributed by atoms with E-state index < -0.39 is 0 Å². The van der Waals surface area contributed by atoms with Crippen molar-refractivity contribution >= 4 is 6.29 Å². The van der Waals surface area contributed by atoms with E-state index in [1.807, 2.05) is 0 Å². The van der Waals surface area contributed by atoms with E-state index in [-0.39, 0.29) is 0 Å². The second-order valence-electron chi connectivity index (χ2n) is 5.02. The Morgan fingerprint density at radius 3 is 2.27 bits per heavy atom. The maximum Gasteiger partial charge on any atom is 0.119 e. The minimum atomic E-state index is 0.766. The van der Waals surface area contributed by atoms with Crippen molar-refractivity contribution in [2.45, 2.75) is 77.0 Å². The topological polar surface area (TPSA) is 17.1 Å². The van der Waals surface area contributed by atoms with E-state index in [0.29, 0.717) is 0 Å². The molecule has 0 saturated heterocycles. The lowest BCUT2D eigenvalue weighted by molar-refractivity contribution is -0.107. The highest BCUT2D eigenvalue weighted by atomic mass is 16.1. The second-order valence-corrected chi connectivity index (χ2v) is 5.02. The molecule has 0 unspecified atom stereocenters. The summed E-state index contributed by atoms with van der Waals surface area (Å²) in [5.74, 6) is 1.05. The number of carbonyl (C=O) groups excluding carboxylic acids is 1. The molecule has 1 heteroatoms. The molecule has 0 aromatic carbocycles. The number of hydrogen-bond acceptors (Lipinski definition) is 1. The van der Waals surface area contributed by atoms with E-state index in [1.165, 1.54) is 64.2 Å². The van der Waals surface area contributed by atoms with E-state index in [2.05, 4.69) is 0 Å². The first-order valence-electron chi connectivity index (χ1n) is 6.87. The zero-order chi connectivity index (χ0) is 10.8. The van der Waals surface area contributed by atoms with Crippen LogP contribution in [0, 0.1) is 5.92 Å². The Hall–Kier alpha value is -0.330. The molecular weight excluding hydrogens is 184 g/mol. The molecule has 0 atom stereocenters. The molecule has 1 aliphatic carbocycles.